The van der Waals surface area contributed by atoms with Gasteiger partial charge in [-0.3, -0.25) is 4.79 Å². The van der Waals surface area contributed by atoms with E-state index in [0.29, 0.717) is 39.5 Å². The van der Waals surface area contributed by atoms with Crippen LogP contribution in [0.4, 0.5) is 0 Å². The van der Waals surface area contributed by atoms with Gasteiger partial charge in [0.2, 0.25) is 0 Å². The van der Waals surface area contributed by atoms with E-state index in [9.17, 15) is 4.79 Å². The summed E-state index contributed by atoms with van der Waals surface area (Å²) in [6, 6.07) is 0. The number of rotatable bonds is 8. The summed E-state index contributed by atoms with van der Waals surface area (Å²) in [5.74, 6) is -0.169. The van der Waals surface area contributed by atoms with Gasteiger partial charge in [0.05, 0.1) is 37.9 Å². The predicted octanol–water partition coefficient (Wildman–Crippen LogP) is 3.07. The van der Waals surface area contributed by atoms with E-state index in [1.54, 1.807) is 0 Å². The molecular formula is C19H34O6. The first kappa shape index (κ1) is 20.6. The second kappa shape index (κ2) is 11.8. The van der Waals surface area contributed by atoms with E-state index in [2.05, 4.69) is 6.92 Å². The second-order valence-corrected chi connectivity index (χ2v) is 6.84. The maximum Gasteiger partial charge on any atom is 0.308 e. The van der Waals surface area contributed by atoms with Crippen molar-refractivity contribution in [1.82, 2.24) is 0 Å². The molecular weight excluding hydrogens is 324 g/mol. The summed E-state index contributed by atoms with van der Waals surface area (Å²) < 4.78 is 28.9. The molecule has 0 radical (unpaired) electrons. The summed E-state index contributed by atoms with van der Waals surface area (Å²) in [5.41, 5.74) is 0. The van der Waals surface area contributed by atoms with Crippen molar-refractivity contribution in [3.63, 3.8) is 0 Å². The third-order valence-corrected chi connectivity index (χ3v) is 4.74. The van der Waals surface area contributed by atoms with Crippen LogP contribution in [0, 0.1) is 5.92 Å². The zero-order valence-electron chi connectivity index (χ0n) is 15.7. The Morgan fingerprint density at radius 1 is 1.04 bits per heavy atom. The summed E-state index contributed by atoms with van der Waals surface area (Å²) in [6.07, 6.45) is 5.67. The highest BCUT2D eigenvalue weighted by atomic mass is 16.7. The van der Waals surface area contributed by atoms with E-state index in [-0.39, 0.29) is 30.4 Å². The van der Waals surface area contributed by atoms with Crippen molar-refractivity contribution >= 4 is 5.97 Å². The summed E-state index contributed by atoms with van der Waals surface area (Å²) in [7, 11) is 0. The fourth-order valence-electron chi connectivity index (χ4n) is 3.27. The molecule has 6 heteroatoms. The highest BCUT2D eigenvalue weighted by Crippen LogP contribution is 2.23. The molecule has 2 aliphatic rings. The third-order valence-electron chi connectivity index (χ3n) is 4.74. The average Bonchev–Trinajstić information content (AvgIpc) is 2.76. The van der Waals surface area contributed by atoms with Gasteiger partial charge in [0.15, 0.2) is 6.29 Å². The van der Waals surface area contributed by atoms with Crippen LogP contribution >= 0.6 is 0 Å². The van der Waals surface area contributed by atoms with Gasteiger partial charge in [0, 0.05) is 13.2 Å². The molecule has 2 rings (SSSR count). The number of fused-ring (bicyclic) bond motifs is 4. The van der Waals surface area contributed by atoms with E-state index in [1.165, 1.54) is 0 Å². The molecule has 2 aliphatic heterocycles. The minimum absolute atomic E-state index is 0.0152. The third kappa shape index (κ3) is 7.60. The first-order chi connectivity index (χ1) is 12.2. The SMILES string of the molecule is CCCCC(CCC1OC2CCOCC(CCOC2)O1)C(=O)OCC. The zero-order chi connectivity index (χ0) is 17.9. The molecule has 0 aromatic rings. The number of hydrogen-bond donors (Lipinski definition) is 0. The van der Waals surface area contributed by atoms with Crippen LogP contribution in [0.3, 0.4) is 0 Å². The molecule has 2 fully saturated rings. The highest BCUT2D eigenvalue weighted by molar-refractivity contribution is 5.72. The fourth-order valence-corrected chi connectivity index (χ4v) is 3.27. The Kier molecular flexibility index (Phi) is 9.76. The van der Waals surface area contributed by atoms with E-state index >= 15 is 0 Å². The fraction of sp³-hybridized carbons (Fsp3) is 0.947. The first-order valence-corrected chi connectivity index (χ1v) is 9.86. The molecule has 0 N–H and O–H groups in total. The van der Waals surface area contributed by atoms with Crippen molar-refractivity contribution in [2.24, 2.45) is 5.92 Å². The van der Waals surface area contributed by atoms with Gasteiger partial charge in [0.25, 0.3) is 0 Å². The van der Waals surface area contributed by atoms with Crippen molar-refractivity contribution in [2.75, 3.05) is 33.0 Å². The lowest BCUT2D eigenvalue weighted by molar-refractivity contribution is -0.197. The number of esters is 1. The topological polar surface area (TPSA) is 63.2 Å². The Morgan fingerprint density at radius 2 is 1.68 bits per heavy atom. The van der Waals surface area contributed by atoms with E-state index in [4.69, 9.17) is 23.7 Å². The molecule has 2 saturated heterocycles. The van der Waals surface area contributed by atoms with Crippen LogP contribution in [0.5, 0.6) is 0 Å². The van der Waals surface area contributed by atoms with Crippen molar-refractivity contribution in [3.8, 4) is 0 Å². The Bertz CT molecular complexity index is 345. The summed E-state index contributed by atoms with van der Waals surface area (Å²) in [5, 5.41) is 0. The molecule has 3 atom stereocenters. The number of carbonyl (C=O) groups is 1. The molecule has 6 nitrogen and oxygen atoms in total. The van der Waals surface area contributed by atoms with Crippen molar-refractivity contribution in [1.29, 1.82) is 0 Å². The second-order valence-electron chi connectivity index (χ2n) is 6.84. The molecule has 0 saturated carbocycles. The van der Waals surface area contributed by atoms with Crippen LogP contribution in [0.15, 0.2) is 0 Å². The van der Waals surface area contributed by atoms with Crippen molar-refractivity contribution in [2.45, 2.75) is 77.3 Å². The Balaban J connectivity index is 1.93. The first-order valence-electron chi connectivity index (χ1n) is 9.86. The minimum Gasteiger partial charge on any atom is -0.466 e. The Morgan fingerprint density at radius 3 is 2.24 bits per heavy atom. The van der Waals surface area contributed by atoms with Crippen LogP contribution in [0.1, 0.15) is 58.8 Å². The average molecular weight is 358 g/mol. The van der Waals surface area contributed by atoms with Gasteiger partial charge >= 0.3 is 5.97 Å². The molecule has 0 amide bonds. The standard InChI is InChI=1S/C19H34O6/c1-3-5-6-15(19(20)23-4-2)7-8-18-24-16-9-11-21-14-17(25-18)10-12-22-13-16/h15-18H,3-14H2,1-2H3. The minimum atomic E-state index is -0.308. The number of hydrogen-bond acceptors (Lipinski definition) is 6. The number of unbranched alkanes of at least 4 members (excludes halogenated alkanes) is 1. The smallest absolute Gasteiger partial charge is 0.308 e. The predicted molar refractivity (Wildman–Crippen MR) is 93.3 cm³/mol. The summed E-state index contributed by atoms with van der Waals surface area (Å²) >= 11 is 0. The lowest BCUT2D eigenvalue weighted by atomic mass is 9.96. The largest absolute Gasteiger partial charge is 0.466 e. The molecule has 0 aliphatic carbocycles. The lowest BCUT2D eigenvalue weighted by Crippen LogP contribution is -2.31. The van der Waals surface area contributed by atoms with Crippen LogP contribution in [-0.4, -0.2) is 57.5 Å². The quantitative estimate of drug-likeness (QED) is 0.622. The number of ether oxygens (including phenoxy) is 5. The molecule has 0 aromatic heterocycles. The van der Waals surface area contributed by atoms with Gasteiger partial charge in [-0.05, 0) is 39.0 Å². The molecule has 2 bridgehead atoms. The highest BCUT2D eigenvalue weighted by Gasteiger charge is 2.28. The van der Waals surface area contributed by atoms with Gasteiger partial charge in [-0.2, -0.15) is 0 Å². The molecule has 146 valence electrons. The van der Waals surface area contributed by atoms with Crippen molar-refractivity contribution < 1.29 is 28.5 Å². The Hall–Kier alpha value is -0.690. The lowest BCUT2D eigenvalue weighted by Gasteiger charge is -2.26. The normalized spacial score (nSPS) is 29.0. The van der Waals surface area contributed by atoms with Gasteiger partial charge in [-0.1, -0.05) is 19.8 Å². The molecule has 0 aromatic carbocycles. The van der Waals surface area contributed by atoms with Crippen LogP contribution in [-0.2, 0) is 28.5 Å². The van der Waals surface area contributed by atoms with Gasteiger partial charge in [-0.15, -0.1) is 0 Å². The molecule has 2 heterocycles. The number of carbonyl (C=O) groups excluding carboxylic acids is 1. The van der Waals surface area contributed by atoms with Crippen molar-refractivity contribution in [3.05, 3.63) is 0 Å². The Labute approximate surface area is 151 Å². The van der Waals surface area contributed by atoms with E-state index in [1.807, 2.05) is 6.92 Å². The van der Waals surface area contributed by atoms with Gasteiger partial charge < -0.3 is 23.7 Å². The van der Waals surface area contributed by atoms with E-state index < -0.39 is 0 Å². The monoisotopic (exact) mass is 358 g/mol. The molecule has 0 spiro atoms. The zero-order valence-corrected chi connectivity index (χ0v) is 15.7. The maximum atomic E-state index is 12.2. The van der Waals surface area contributed by atoms with Gasteiger partial charge in [0.1, 0.15) is 0 Å². The van der Waals surface area contributed by atoms with E-state index in [0.717, 1.165) is 38.5 Å². The maximum absolute atomic E-state index is 12.2. The van der Waals surface area contributed by atoms with Crippen LogP contribution in [0.2, 0.25) is 0 Å². The molecule has 25 heavy (non-hydrogen) atoms. The van der Waals surface area contributed by atoms with Crippen LogP contribution in [0.25, 0.3) is 0 Å². The summed E-state index contributed by atoms with van der Waals surface area (Å²) in [4.78, 5) is 12.2. The summed E-state index contributed by atoms with van der Waals surface area (Å²) in [6.45, 7) is 6.91. The van der Waals surface area contributed by atoms with Crippen LogP contribution < -0.4 is 0 Å². The molecule has 3 unspecified atom stereocenters. The van der Waals surface area contributed by atoms with Gasteiger partial charge in [-0.25, -0.2) is 0 Å².